The number of nitrogens with two attached hydrogens (primary N) is 1. The molecule has 0 amide bonds. The maximum Gasteiger partial charge on any atom is 0.315 e. The quantitative estimate of drug-likeness (QED) is 0.431. The van der Waals surface area contributed by atoms with Crippen molar-refractivity contribution in [2.24, 2.45) is 0 Å². The van der Waals surface area contributed by atoms with Crippen molar-refractivity contribution in [2.45, 2.75) is 17.8 Å². The summed E-state index contributed by atoms with van der Waals surface area (Å²) in [6.07, 6.45) is 0. The lowest BCUT2D eigenvalue weighted by Gasteiger charge is -2.11. The molecular formula is C19H20ClN5O3S. The minimum atomic E-state index is -0.491. The van der Waals surface area contributed by atoms with Gasteiger partial charge in [-0.15, -0.1) is 10.2 Å². The van der Waals surface area contributed by atoms with E-state index in [1.54, 1.807) is 26.4 Å². The second-order valence-electron chi connectivity index (χ2n) is 6.07. The molecule has 0 saturated heterocycles. The zero-order chi connectivity index (χ0) is 21.0. The second kappa shape index (κ2) is 9.06. The first-order valence-electron chi connectivity index (χ1n) is 8.54. The molecule has 0 spiro atoms. The highest BCUT2D eigenvalue weighted by Gasteiger charge is 2.13. The van der Waals surface area contributed by atoms with Crippen molar-refractivity contribution in [1.29, 1.82) is 0 Å². The molecule has 3 N–H and O–H groups in total. The Morgan fingerprint density at radius 3 is 2.62 bits per heavy atom. The molecule has 10 heteroatoms. The van der Waals surface area contributed by atoms with Gasteiger partial charge in [0.25, 0.3) is 0 Å². The van der Waals surface area contributed by atoms with Crippen molar-refractivity contribution < 1.29 is 9.47 Å². The van der Waals surface area contributed by atoms with Crippen LogP contribution in [0.3, 0.4) is 0 Å². The highest BCUT2D eigenvalue weighted by Crippen LogP contribution is 2.30. The second-order valence-corrected chi connectivity index (χ2v) is 7.45. The molecule has 152 valence electrons. The van der Waals surface area contributed by atoms with Crippen LogP contribution in [-0.4, -0.2) is 29.1 Å². The minimum Gasteiger partial charge on any atom is -0.493 e. The van der Waals surface area contributed by atoms with E-state index in [4.69, 9.17) is 26.9 Å². The first kappa shape index (κ1) is 20.8. The van der Waals surface area contributed by atoms with Crippen LogP contribution >= 0.6 is 23.4 Å². The van der Waals surface area contributed by atoms with E-state index in [9.17, 15) is 4.79 Å². The number of rotatable bonds is 7. The Hall–Kier alpha value is -2.91. The Labute approximate surface area is 177 Å². The number of aromatic nitrogens is 3. The Morgan fingerprint density at radius 1 is 1.14 bits per heavy atom. The van der Waals surface area contributed by atoms with Crippen LogP contribution < -0.4 is 26.2 Å². The average Bonchev–Trinajstić information content (AvgIpc) is 2.73. The van der Waals surface area contributed by atoms with Gasteiger partial charge >= 0.3 is 5.56 Å². The molecule has 1 heterocycles. The molecule has 0 aliphatic rings. The standard InChI is InChI=1S/C19H20ClN5O3S/c1-11-4-6-13(20)9-14(11)22-17-18(26)25(21)19(24-23-17)29-10-12-5-7-15(27-2)16(8-12)28-3/h4-9H,10,21H2,1-3H3,(H,22,23). The van der Waals surface area contributed by atoms with E-state index in [2.05, 4.69) is 15.5 Å². The third kappa shape index (κ3) is 4.75. The number of anilines is 2. The normalized spacial score (nSPS) is 10.6. The van der Waals surface area contributed by atoms with Crippen molar-refractivity contribution in [2.75, 3.05) is 25.4 Å². The van der Waals surface area contributed by atoms with Gasteiger partial charge < -0.3 is 20.6 Å². The largest absolute Gasteiger partial charge is 0.493 e. The van der Waals surface area contributed by atoms with E-state index < -0.39 is 5.56 Å². The number of ether oxygens (including phenoxy) is 2. The maximum atomic E-state index is 12.6. The molecule has 0 radical (unpaired) electrons. The van der Waals surface area contributed by atoms with E-state index in [0.29, 0.717) is 28.0 Å². The zero-order valence-electron chi connectivity index (χ0n) is 16.1. The Morgan fingerprint density at radius 2 is 1.90 bits per heavy atom. The van der Waals surface area contributed by atoms with E-state index in [1.807, 2.05) is 31.2 Å². The molecule has 0 saturated carbocycles. The van der Waals surface area contributed by atoms with Crippen molar-refractivity contribution in [3.63, 3.8) is 0 Å². The summed E-state index contributed by atoms with van der Waals surface area (Å²) < 4.78 is 11.5. The number of hydrogen-bond acceptors (Lipinski definition) is 8. The zero-order valence-corrected chi connectivity index (χ0v) is 17.7. The smallest absolute Gasteiger partial charge is 0.315 e. The summed E-state index contributed by atoms with van der Waals surface area (Å²) >= 11 is 7.30. The molecule has 3 aromatic rings. The highest BCUT2D eigenvalue weighted by molar-refractivity contribution is 7.98. The molecule has 0 unspecified atom stereocenters. The van der Waals surface area contributed by atoms with Gasteiger partial charge in [0.1, 0.15) is 0 Å². The summed E-state index contributed by atoms with van der Waals surface area (Å²) in [6, 6.07) is 10.9. The first-order valence-corrected chi connectivity index (χ1v) is 9.91. The van der Waals surface area contributed by atoms with Gasteiger partial charge in [-0.2, -0.15) is 4.68 Å². The lowest BCUT2D eigenvalue weighted by Crippen LogP contribution is -2.32. The predicted octanol–water partition coefficient (Wildman–Crippen LogP) is 3.37. The van der Waals surface area contributed by atoms with Gasteiger partial charge in [0, 0.05) is 16.5 Å². The molecule has 0 aliphatic carbocycles. The molecule has 8 nitrogen and oxygen atoms in total. The van der Waals surface area contributed by atoms with Crippen LogP contribution in [-0.2, 0) is 5.75 Å². The van der Waals surface area contributed by atoms with Crippen LogP contribution in [0.25, 0.3) is 0 Å². The molecule has 0 aliphatic heterocycles. The molecule has 0 fully saturated rings. The predicted molar refractivity (Wildman–Crippen MR) is 115 cm³/mol. The van der Waals surface area contributed by atoms with Gasteiger partial charge in [0.2, 0.25) is 11.0 Å². The van der Waals surface area contributed by atoms with Gasteiger partial charge in [-0.25, -0.2) is 0 Å². The molecule has 0 bridgehead atoms. The topological polar surface area (TPSA) is 104 Å². The number of nitrogens with one attached hydrogen (secondary N) is 1. The lowest BCUT2D eigenvalue weighted by atomic mass is 10.2. The van der Waals surface area contributed by atoms with Crippen LogP contribution in [0, 0.1) is 6.92 Å². The van der Waals surface area contributed by atoms with E-state index in [1.165, 1.54) is 11.8 Å². The number of hydrogen-bond donors (Lipinski definition) is 2. The van der Waals surface area contributed by atoms with Gasteiger partial charge in [0.05, 0.1) is 14.2 Å². The molecule has 29 heavy (non-hydrogen) atoms. The lowest BCUT2D eigenvalue weighted by molar-refractivity contribution is 0.354. The first-order chi connectivity index (χ1) is 13.9. The SMILES string of the molecule is COc1ccc(CSc2nnc(Nc3cc(Cl)ccc3C)c(=O)n2N)cc1OC. The van der Waals surface area contributed by atoms with Crippen molar-refractivity contribution in [3.8, 4) is 11.5 Å². The van der Waals surface area contributed by atoms with Crippen LogP contribution in [0.4, 0.5) is 11.5 Å². The fourth-order valence-corrected chi connectivity index (χ4v) is 3.50. The number of nitrogens with zero attached hydrogens (tertiary/aromatic N) is 3. The number of methoxy groups -OCH3 is 2. The van der Waals surface area contributed by atoms with Gasteiger partial charge in [0.15, 0.2) is 11.5 Å². The number of nitrogen functional groups attached to an aromatic ring is 1. The van der Waals surface area contributed by atoms with Crippen LogP contribution in [0.15, 0.2) is 46.3 Å². The summed E-state index contributed by atoms with van der Waals surface area (Å²) in [5.41, 5.74) is 2.04. The summed E-state index contributed by atoms with van der Waals surface area (Å²) in [4.78, 5) is 12.6. The van der Waals surface area contributed by atoms with Crippen LogP contribution in [0.5, 0.6) is 11.5 Å². The third-order valence-corrected chi connectivity index (χ3v) is 5.38. The van der Waals surface area contributed by atoms with Gasteiger partial charge in [-0.1, -0.05) is 35.5 Å². The van der Waals surface area contributed by atoms with E-state index in [-0.39, 0.29) is 11.0 Å². The summed E-state index contributed by atoms with van der Waals surface area (Å²) in [7, 11) is 3.15. The van der Waals surface area contributed by atoms with Crippen molar-refractivity contribution in [1.82, 2.24) is 14.9 Å². The number of thioether (sulfide) groups is 1. The third-order valence-electron chi connectivity index (χ3n) is 4.13. The van der Waals surface area contributed by atoms with E-state index in [0.717, 1.165) is 15.8 Å². The average molecular weight is 434 g/mol. The van der Waals surface area contributed by atoms with Crippen LogP contribution in [0.2, 0.25) is 5.02 Å². The fraction of sp³-hybridized carbons (Fsp3) is 0.211. The van der Waals surface area contributed by atoms with Crippen molar-refractivity contribution in [3.05, 3.63) is 62.9 Å². The van der Waals surface area contributed by atoms with Crippen molar-refractivity contribution >= 4 is 34.9 Å². The molecule has 3 rings (SSSR count). The molecule has 0 atom stereocenters. The highest BCUT2D eigenvalue weighted by atomic mass is 35.5. The van der Waals surface area contributed by atoms with Crippen LogP contribution in [0.1, 0.15) is 11.1 Å². The van der Waals surface area contributed by atoms with Gasteiger partial charge in [-0.05, 0) is 42.3 Å². The summed E-state index contributed by atoms with van der Waals surface area (Å²) in [6.45, 7) is 1.89. The fourth-order valence-electron chi connectivity index (χ4n) is 2.54. The Kier molecular flexibility index (Phi) is 6.50. The molecule has 2 aromatic carbocycles. The number of aryl methyl sites for hydroxylation is 1. The molecule has 1 aromatic heterocycles. The molecular weight excluding hydrogens is 414 g/mol. The summed E-state index contributed by atoms with van der Waals surface area (Å²) in [5, 5.41) is 11.8. The minimum absolute atomic E-state index is 0.0216. The Bertz CT molecular complexity index is 1090. The van der Waals surface area contributed by atoms with E-state index >= 15 is 0 Å². The summed E-state index contributed by atoms with van der Waals surface area (Å²) in [5.74, 6) is 7.75. The van der Waals surface area contributed by atoms with Gasteiger partial charge in [-0.3, -0.25) is 4.79 Å². The number of halogens is 1. The monoisotopic (exact) mass is 433 g/mol. The number of benzene rings is 2. The Balaban J connectivity index is 1.78. The maximum absolute atomic E-state index is 12.6.